The summed E-state index contributed by atoms with van der Waals surface area (Å²) in [7, 11) is 4.77. The first kappa shape index (κ1) is 21.4. The van der Waals surface area contributed by atoms with E-state index in [0.29, 0.717) is 16.9 Å². The number of nitrogens with one attached hydrogen (secondary N) is 1. The fourth-order valence-corrected chi connectivity index (χ4v) is 2.22. The zero-order valence-electron chi connectivity index (χ0n) is 17.1. The quantitative estimate of drug-likeness (QED) is 0.468. The molecule has 2 aromatic heterocycles. The molecule has 0 saturated carbocycles. The van der Waals surface area contributed by atoms with Crippen molar-refractivity contribution in [3.63, 3.8) is 0 Å². The summed E-state index contributed by atoms with van der Waals surface area (Å²) < 4.78 is 4.04. The topological polar surface area (TPSA) is 111 Å². The molecular weight excluding hydrogens is 351 g/mol. The molecule has 0 aliphatic carbocycles. The van der Waals surface area contributed by atoms with E-state index in [1.807, 2.05) is 0 Å². The Morgan fingerprint density at radius 1 is 1.12 bits per heavy atom. The molecule has 0 bridgehead atoms. The van der Waals surface area contributed by atoms with Gasteiger partial charge in [-0.1, -0.05) is 0 Å². The average molecular weight is 372 g/mol. The summed E-state index contributed by atoms with van der Waals surface area (Å²) in [5.74, 6) is 0.0785. The van der Waals surface area contributed by atoms with Gasteiger partial charge in [-0.05, 0) is 24.3 Å². The number of fused-ring (bicyclic) bond motifs is 1. The van der Waals surface area contributed by atoms with Crippen LogP contribution in [0.25, 0.3) is 11.2 Å². The SMILES string of the molecule is CC(=O)Nc1ccc(O)cc1.Cn1c(=O)c2c(ncn2C)n(C)c1=O.[H-].[H-].[Mg+2]. The molecule has 0 unspecified atom stereocenters. The second kappa shape index (κ2) is 8.67. The van der Waals surface area contributed by atoms with Gasteiger partial charge in [0.15, 0.2) is 11.2 Å². The Hall–Kier alpha value is -2.59. The van der Waals surface area contributed by atoms with Crippen molar-refractivity contribution < 1.29 is 12.8 Å². The maximum atomic E-state index is 11.7. The molecule has 2 heterocycles. The Morgan fingerprint density at radius 3 is 2.23 bits per heavy atom. The maximum absolute atomic E-state index is 11.7. The van der Waals surface area contributed by atoms with Crippen molar-refractivity contribution in [2.45, 2.75) is 6.92 Å². The smallest absolute Gasteiger partial charge is 1.00 e. The Bertz CT molecular complexity index is 1040. The normalized spacial score (nSPS) is 9.85. The summed E-state index contributed by atoms with van der Waals surface area (Å²) in [5, 5.41) is 11.5. The van der Waals surface area contributed by atoms with Gasteiger partial charge < -0.3 is 17.8 Å². The number of aryl methyl sites for hydroxylation is 2. The second-order valence-electron chi connectivity index (χ2n) is 5.46. The molecule has 0 aliphatic rings. The van der Waals surface area contributed by atoms with Gasteiger partial charge in [0.2, 0.25) is 5.91 Å². The van der Waals surface area contributed by atoms with E-state index in [1.165, 1.54) is 37.0 Å². The summed E-state index contributed by atoms with van der Waals surface area (Å²) in [6, 6.07) is 6.31. The summed E-state index contributed by atoms with van der Waals surface area (Å²) >= 11 is 0. The third-order valence-electron chi connectivity index (χ3n) is 3.50. The minimum absolute atomic E-state index is 0. The molecule has 0 radical (unpaired) electrons. The van der Waals surface area contributed by atoms with Gasteiger partial charge in [0.25, 0.3) is 5.56 Å². The molecule has 2 N–H and O–H groups in total. The third-order valence-corrected chi connectivity index (χ3v) is 3.50. The summed E-state index contributed by atoms with van der Waals surface area (Å²) in [4.78, 5) is 37.7. The number of aromatic hydroxyl groups is 1. The van der Waals surface area contributed by atoms with Crippen LogP contribution in [0.1, 0.15) is 9.78 Å². The van der Waals surface area contributed by atoms with Crippen LogP contribution in [0, 0.1) is 0 Å². The number of amides is 1. The summed E-state index contributed by atoms with van der Waals surface area (Å²) in [6.07, 6.45) is 1.52. The van der Waals surface area contributed by atoms with E-state index in [4.69, 9.17) is 5.11 Å². The van der Waals surface area contributed by atoms with Gasteiger partial charge >= 0.3 is 28.7 Å². The van der Waals surface area contributed by atoms with Gasteiger partial charge in [0.1, 0.15) is 5.75 Å². The Labute approximate surface area is 168 Å². The first-order valence-electron chi connectivity index (χ1n) is 7.36. The number of imidazole rings is 1. The number of hydrogen-bond donors (Lipinski definition) is 2. The van der Waals surface area contributed by atoms with Crippen LogP contribution < -0.4 is 16.6 Å². The Morgan fingerprint density at radius 2 is 1.69 bits per heavy atom. The molecule has 1 amide bonds. The Balaban J connectivity index is 0. The number of carbonyl (C=O) groups is 1. The van der Waals surface area contributed by atoms with Gasteiger partial charge in [-0.25, -0.2) is 9.78 Å². The van der Waals surface area contributed by atoms with Gasteiger partial charge in [0.05, 0.1) is 6.33 Å². The number of nitrogens with zero attached hydrogens (tertiary/aromatic N) is 4. The molecule has 1 aromatic carbocycles. The van der Waals surface area contributed by atoms with Gasteiger partial charge in [-0.15, -0.1) is 0 Å². The van der Waals surface area contributed by atoms with Crippen LogP contribution in [0.15, 0.2) is 40.2 Å². The van der Waals surface area contributed by atoms with E-state index in [1.54, 1.807) is 30.8 Å². The molecule has 0 aliphatic heterocycles. The molecule has 136 valence electrons. The van der Waals surface area contributed by atoms with Crippen LogP contribution in [0.3, 0.4) is 0 Å². The zero-order chi connectivity index (χ0) is 18.7. The number of anilines is 1. The van der Waals surface area contributed by atoms with Gasteiger partial charge in [-0.2, -0.15) is 0 Å². The predicted octanol–water partition coefficient (Wildman–Crippen LogP) is 0.165. The van der Waals surface area contributed by atoms with Crippen molar-refractivity contribution in [2.75, 3.05) is 5.32 Å². The van der Waals surface area contributed by atoms with Crippen LogP contribution in [-0.2, 0) is 25.9 Å². The van der Waals surface area contributed by atoms with E-state index in [9.17, 15) is 14.4 Å². The van der Waals surface area contributed by atoms with Crippen molar-refractivity contribution in [3.8, 4) is 5.75 Å². The summed E-state index contributed by atoms with van der Waals surface area (Å²) in [6.45, 7) is 1.44. The molecule has 0 atom stereocenters. The second-order valence-corrected chi connectivity index (χ2v) is 5.46. The first-order chi connectivity index (χ1) is 11.7. The predicted molar refractivity (Wildman–Crippen MR) is 102 cm³/mol. The van der Waals surface area contributed by atoms with E-state index in [-0.39, 0.29) is 48.8 Å². The van der Waals surface area contributed by atoms with Crippen molar-refractivity contribution in [1.29, 1.82) is 0 Å². The Kier molecular flexibility index (Phi) is 7.15. The average Bonchev–Trinajstić information content (AvgIpc) is 2.95. The molecule has 0 spiro atoms. The third kappa shape index (κ3) is 4.52. The molecule has 0 fully saturated rings. The molecule has 3 rings (SSSR count). The zero-order valence-corrected chi connectivity index (χ0v) is 16.5. The number of phenolic OH excluding ortho intramolecular Hbond substituents is 1. The maximum Gasteiger partial charge on any atom is 2.00 e. The standard InChI is InChI=1S/C8H10N4O2.C8H9NO2.Mg.2H/c1-10-4-9-6-5(10)7(13)12(3)8(14)11(6)2;1-6(10)9-7-2-4-8(11)5-3-7;;;/h4H,1-3H3;2-5,11H,1H3,(H,9,10);;;/q;;+2;2*-1. The number of hydrogen-bond acceptors (Lipinski definition) is 5. The minimum atomic E-state index is -0.360. The van der Waals surface area contributed by atoms with Crippen molar-refractivity contribution in [3.05, 3.63) is 51.4 Å². The van der Waals surface area contributed by atoms with Crippen LogP contribution in [0.2, 0.25) is 0 Å². The molecule has 26 heavy (non-hydrogen) atoms. The van der Waals surface area contributed by atoms with E-state index in [0.717, 1.165) is 4.57 Å². The van der Waals surface area contributed by atoms with Gasteiger partial charge in [-0.3, -0.25) is 18.7 Å². The molecular formula is C16H21MgN5O4. The molecule has 0 saturated heterocycles. The van der Waals surface area contributed by atoms with Crippen LogP contribution in [-0.4, -0.2) is 52.8 Å². The molecule has 10 heteroatoms. The number of rotatable bonds is 1. The molecule has 3 aromatic rings. The van der Waals surface area contributed by atoms with Crippen molar-refractivity contribution >= 4 is 45.8 Å². The number of carbonyl (C=O) groups excluding carboxylic acids is 1. The van der Waals surface area contributed by atoms with E-state index >= 15 is 0 Å². The largest absolute Gasteiger partial charge is 2.00 e. The van der Waals surface area contributed by atoms with E-state index in [2.05, 4.69) is 10.3 Å². The fourth-order valence-electron chi connectivity index (χ4n) is 2.22. The van der Waals surface area contributed by atoms with Crippen molar-refractivity contribution in [2.24, 2.45) is 21.1 Å². The minimum Gasteiger partial charge on any atom is -1.00 e. The van der Waals surface area contributed by atoms with Gasteiger partial charge in [0, 0.05) is 33.8 Å². The molecule has 9 nitrogen and oxygen atoms in total. The van der Waals surface area contributed by atoms with Crippen LogP contribution >= 0.6 is 0 Å². The monoisotopic (exact) mass is 371 g/mol. The van der Waals surface area contributed by atoms with Crippen LogP contribution in [0.4, 0.5) is 5.69 Å². The first-order valence-corrected chi connectivity index (χ1v) is 7.36. The summed E-state index contributed by atoms with van der Waals surface area (Å²) in [5.41, 5.74) is 0.870. The number of aromatic nitrogens is 4. The van der Waals surface area contributed by atoms with Crippen molar-refractivity contribution in [1.82, 2.24) is 18.7 Å². The number of phenols is 1. The van der Waals surface area contributed by atoms with E-state index < -0.39 is 0 Å². The number of benzene rings is 1. The van der Waals surface area contributed by atoms with Crippen LogP contribution in [0.5, 0.6) is 5.75 Å². The fraction of sp³-hybridized carbons (Fsp3) is 0.250.